The molecule has 0 saturated carbocycles. The number of rotatable bonds is 5. The van der Waals surface area contributed by atoms with Crippen LogP contribution >= 0.6 is 0 Å². The van der Waals surface area contributed by atoms with Gasteiger partial charge in [0.15, 0.2) is 0 Å². The molecule has 0 aromatic heterocycles. The Balaban J connectivity index is 2.72. The van der Waals surface area contributed by atoms with Crippen LogP contribution in [-0.4, -0.2) is 10.7 Å². The molecule has 1 atom stereocenters. The van der Waals surface area contributed by atoms with Gasteiger partial charge in [-0.3, -0.25) is 0 Å². The second-order valence-corrected chi connectivity index (χ2v) is 6.45. The van der Waals surface area contributed by atoms with E-state index in [1.807, 2.05) is 13.0 Å². The molecule has 0 fully saturated rings. The van der Waals surface area contributed by atoms with Gasteiger partial charge in [0.05, 0.1) is 5.60 Å². The summed E-state index contributed by atoms with van der Waals surface area (Å²) in [5, 5.41) is 10.3. The lowest BCUT2D eigenvalue weighted by Crippen LogP contribution is -2.26. The molecule has 1 aromatic rings. The predicted octanol–water partition coefficient (Wildman–Crippen LogP) is 4.24. The van der Waals surface area contributed by atoms with Crippen molar-refractivity contribution in [2.75, 3.05) is 0 Å². The molecule has 1 unspecified atom stereocenters. The van der Waals surface area contributed by atoms with E-state index in [-0.39, 0.29) is 5.41 Å². The number of hydrogen-bond donors (Lipinski definition) is 1. The summed E-state index contributed by atoms with van der Waals surface area (Å²) in [4.78, 5) is 0. The molecule has 0 amide bonds. The number of allylic oxidation sites excluding steroid dienone is 1. The van der Waals surface area contributed by atoms with Crippen LogP contribution in [0.4, 0.5) is 0 Å². The first kappa shape index (κ1) is 15.0. The third-order valence-corrected chi connectivity index (χ3v) is 3.29. The predicted molar refractivity (Wildman–Crippen MR) is 78.9 cm³/mol. The second kappa shape index (κ2) is 5.71. The van der Waals surface area contributed by atoms with Gasteiger partial charge in [0.25, 0.3) is 0 Å². The lowest BCUT2D eigenvalue weighted by molar-refractivity contribution is 0.0523. The fraction of sp³-hybridized carbons (Fsp3) is 0.529. The minimum Gasteiger partial charge on any atom is -0.390 e. The Kier molecular flexibility index (Phi) is 4.75. The molecule has 18 heavy (non-hydrogen) atoms. The molecule has 1 rings (SSSR count). The van der Waals surface area contributed by atoms with Gasteiger partial charge >= 0.3 is 0 Å². The molecular formula is C17H26O. The van der Waals surface area contributed by atoms with E-state index in [9.17, 15) is 5.11 Å². The molecule has 0 aliphatic heterocycles. The van der Waals surface area contributed by atoms with Crippen molar-refractivity contribution in [1.29, 1.82) is 0 Å². The van der Waals surface area contributed by atoms with Crippen molar-refractivity contribution in [1.82, 2.24) is 0 Å². The minimum atomic E-state index is -0.641. The summed E-state index contributed by atoms with van der Waals surface area (Å²) in [5.74, 6) is 0. The van der Waals surface area contributed by atoms with E-state index in [4.69, 9.17) is 0 Å². The topological polar surface area (TPSA) is 20.2 Å². The van der Waals surface area contributed by atoms with Crippen molar-refractivity contribution in [2.24, 2.45) is 0 Å². The summed E-state index contributed by atoms with van der Waals surface area (Å²) in [5.41, 5.74) is 2.07. The van der Waals surface area contributed by atoms with Crippen molar-refractivity contribution in [3.8, 4) is 0 Å². The molecule has 0 bridgehead atoms. The Bertz CT molecular complexity index is 379. The van der Waals surface area contributed by atoms with Gasteiger partial charge in [-0.1, -0.05) is 51.1 Å². The normalized spacial score (nSPS) is 15.2. The van der Waals surface area contributed by atoms with Gasteiger partial charge in [0.2, 0.25) is 0 Å². The first-order valence-electron chi connectivity index (χ1n) is 6.67. The van der Waals surface area contributed by atoms with Crippen LogP contribution in [0.15, 0.2) is 36.9 Å². The highest BCUT2D eigenvalue weighted by Crippen LogP contribution is 2.24. The fourth-order valence-corrected chi connectivity index (χ4v) is 2.06. The van der Waals surface area contributed by atoms with Gasteiger partial charge < -0.3 is 5.11 Å². The molecular weight excluding hydrogens is 220 g/mol. The summed E-state index contributed by atoms with van der Waals surface area (Å²) in [6.45, 7) is 12.2. The summed E-state index contributed by atoms with van der Waals surface area (Å²) in [7, 11) is 0. The van der Waals surface area contributed by atoms with Crippen LogP contribution in [0.1, 0.15) is 51.7 Å². The molecule has 1 heteroatoms. The fourth-order valence-electron chi connectivity index (χ4n) is 2.06. The van der Waals surface area contributed by atoms with Crippen molar-refractivity contribution in [3.63, 3.8) is 0 Å². The molecule has 0 radical (unpaired) electrons. The Labute approximate surface area is 112 Å². The minimum absolute atomic E-state index is 0.184. The second-order valence-electron chi connectivity index (χ2n) is 6.45. The monoisotopic (exact) mass is 246 g/mol. The van der Waals surface area contributed by atoms with Crippen LogP contribution in [0.2, 0.25) is 0 Å². The highest BCUT2D eigenvalue weighted by molar-refractivity contribution is 5.28. The van der Waals surface area contributed by atoms with E-state index in [2.05, 4.69) is 51.6 Å². The van der Waals surface area contributed by atoms with Gasteiger partial charge in [-0.15, -0.1) is 6.58 Å². The first-order valence-corrected chi connectivity index (χ1v) is 6.67. The van der Waals surface area contributed by atoms with Gasteiger partial charge in [-0.2, -0.15) is 0 Å². The van der Waals surface area contributed by atoms with Crippen LogP contribution < -0.4 is 0 Å². The van der Waals surface area contributed by atoms with Gasteiger partial charge in [-0.25, -0.2) is 0 Å². The zero-order chi connectivity index (χ0) is 13.8. The van der Waals surface area contributed by atoms with Gasteiger partial charge in [-0.05, 0) is 36.3 Å². The lowest BCUT2D eigenvalue weighted by atomic mass is 9.85. The molecule has 1 nitrogen and oxygen atoms in total. The van der Waals surface area contributed by atoms with Crippen molar-refractivity contribution >= 4 is 0 Å². The molecule has 0 saturated heterocycles. The molecule has 0 aliphatic rings. The average molecular weight is 246 g/mol. The van der Waals surface area contributed by atoms with E-state index in [1.54, 1.807) is 0 Å². The van der Waals surface area contributed by atoms with Crippen molar-refractivity contribution in [2.45, 2.75) is 58.0 Å². The maximum atomic E-state index is 10.3. The smallest absolute Gasteiger partial charge is 0.0662 e. The molecule has 0 aliphatic carbocycles. The maximum Gasteiger partial charge on any atom is 0.0662 e. The quantitative estimate of drug-likeness (QED) is 0.770. The summed E-state index contributed by atoms with van der Waals surface area (Å²) in [6, 6.07) is 8.59. The molecule has 0 heterocycles. The Morgan fingerprint density at radius 1 is 1.11 bits per heavy atom. The first-order chi connectivity index (χ1) is 8.24. The third-order valence-electron chi connectivity index (χ3n) is 3.29. The Morgan fingerprint density at radius 2 is 1.67 bits per heavy atom. The number of aliphatic hydroxyl groups is 1. The van der Waals surface area contributed by atoms with E-state index in [1.165, 1.54) is 11.1 Å². The summed E-state index contributed by atoms with van der Waals surface area (Å²) < 4.78 is 0. The van der Waals surface area contributed by atoms with E-state index in [0.29, 0.717) is 6.42 Å². The van der Waals surface area contributed by atoms with E-state index in [0.717, 1.165) is 12.8 Å². The van der Waals surface area contributed by atoms with Crippen LogP contribution in [0, 0.1) is 0 Å². The molecule has 1 aromatic carbocycles. The number of benzene rings is 1. The standard InChI is InChI=1S/C17H26O/c1-6-7-12-17(5,18)13-14-8-10-15(11-9-14)16(2,3)4/h6,8-11,18H,1,7,12-13H2,2-5H3. The van der Waals surface area contributed by atoms with Crippen molar-refractivity contribution < 1.29 is 5.11 Å². The SMILES string of the molecule is C=CCCC(C)(O)Cc1ccc(C(C)(C)C)cc1. The molecule has 0 spiro atoms. The molecule has 100 valence electrons. The van der Waals surface area contributed by atoms with Crippen LogP contribution in [-0.2, 0) is 11.8 Å². The maximum absolute atomic E-state index is 10.3. The highest BCUT2D eigenvalue weighted by atomic mass is 16.3. The lowest BCUT2D eigenvalue weighted by Gasteiger charge is -2.24. The summed E-state index contributed by atoms with van der Waals surface area (Å²) >= 11 is 0. The zero-order valence-corrected chi connectivity index (χ0v) is 12.2. The zero-order valence-electron chi connectivity index (χ0n) is 12.2. The van der Waals surface area contributed by atoms with E-state index < -0.39 is 5.60 Å². The van der Waals surface area contributed by atoms with E-state index >= 15 is 0 Å². The summed E-state index contributed by atoms with van der Waals surface area (Å²) in [6.07, 6.45) is 4.17. The van der Waals surface area contributed by atoms with Crippen LogP contribution in [0.3, 0.4) is 0 Å². The third kappa shape index (κ3) is 4.66. The molecule has 1 N–H and O–H groups in total. The Morgan fingerprint density at radius 3 is 2.11 bits per heavy atom. The van der Waals surface area contributed by atoms with Gasteiger partial charge in [0.1, 0.15) is 0 Å². The van der Waals surface area contributed by atoms with Crippen LogP contribution in [0.5, 0.6) is 0 Å². The van der Waals surface area contributed by atoms with Gasteiger partial charge in [0, 0.05) is 6.42 Å². The number of hydrogen-bond acceptors (Lipinski definition) is 1. The highest BCUT2D eigenvalue weighted by Gasteiger charge is 2.20. The van der Waals surface area contributed by atoms with Crippen LogP contribution in [0.25, 0.3) is 0 Å². The Hall–Kier alpha value is -1.08. The van der Waals surface area contributed by atoms with Crippen molar-refractivity contribution in [3.05, 3.63) is 48.0 Å². The average Bonchev–Trinajstić information content (AvgIpc) is 2.25. The largest absolute Gasteiger partial charge is 0.390 e.